The normalized spacial score (nSPS) is 18.0. The van der Waals surface area contributed by atoms with Crippen molar-refractivity contribution in [2.75, 3.05) is 64.1 Å². The summed E-state index contributed by atoms with van der Waals surface area (Å²) in [5.41, 5.74) is 2.63. The number of ether oxygens (including phenoxy) is 1. The number of sulfone groups is 1. The summed E-state index contributed by atoms with van der Waals surface area (Å²) in [7, 11) is -1.65. The summed E-state index contributed by atoms with van der Waals surface area (Å²) >= 11 is 2.95. The number of pyridine rings is 2. The molecule has 0 bridgehead atoms. The van der Waals surface area contributed by atoms with Crippen molar-refractivity contribution >= 4 is 55.6 Å². The number of anilines is 2. The van der Waals surface area contributed by atoms with Crippen LogP contribution in [0.4, 0.5) is 11.6 Å². The van der Waals surface area contributed by atoms with Crippen molar-refractivity contribution < 1.29 is 13.2 Å². The number of aromatic nitrogens is 5. The second-order valence-corrected chi connectivity index (χ2v) is 16.0. The Morgan fingerprint density at radius 1 is 1.00 bits per heavy atom. The average Bonchev–Trinajstić information content (AvgIpc) is 3.60. The second kappa shape index (κ2) is 13.8. The van der Waals surface area contributed by atoms with Crippen LogP contribution in [-0.4, -0.2) is 101 Å². The maximum Gasteiger partial charge on any atom is 0.262 e. The first-order valence-corrected chi connectivity index (χ1v) is 18.7. The Balaban J connectivity index is 1.21. The van der Waals surface area contributed by atoms with Gasteiger partial charge in [-0.1, -0.05) is 12.1 Å². The fraction of sp³-hybridized carbons (Fsp3) is 0.344. The quantitative estimate of drug-likeness (QED) is 0.240. The molecular weight excluding hydrogens is 657 g/mol. The van der Waals surface area contributed by atoms with E-state index in [0.717, 1.165) is 49.0 Å². The SMILES string of the molecule is CN1CCSC(c2ccc(Nc3ncc4cc(-c5ncc(S(=O)(=O)c6ccncc6)s5)c(=O)n(CCN5CCOCC5)c4n3)cc2)C1. The van der Waals surface area contributed by atoms with Gasteiger partial charge in [-0.2, -0.15) is 16.7 Å². The molecule has 2 saturated heterocycles. The number of likely N-dealkylation sites (N-methyl/N-ethyl adjacent to an activating group) is 1. The van der Waals surface area contributed by atoms with Crippen LogP contribution in [0.1, 0.15) is 10.8 Å². The van der Waals surface area contributed by atoms with Crippen LogP contribution in [-0.2, 0) is 21.1 Å². The smallest absolute Gasteiger partial charge is 0.262 e. The van der Waals surface area contributed by atoms with Crippen LogP contribution in [0.5, 0.6) is 0 Å². The highest BCUT2D eigenvalue weighted by Gasteiger charge is 2.24. The van der Waals surface area contributed by atoms with Gasteiger partial charge in [-0.05, 0) is 42.9 Å². The second-order valence-electron chi connectivity index (χ2n) is 11.5. The predicted molar refractivity (Wildman–Crippen MR) is 184 cm³/mol. The van der Waals surface area contributed by atoms with Crippen molar-refractivity contribution in [3.63, 3.8) is 0 Å². The summed E-state index contributed by atoms with van der Waals surface area (Å²) < 4.78 is 33.7. The number of morpholine rings is 1. The first-order valence-electron chi connectivity index (χ1n) is 15.3. The van der Waals surface area contributed by atoms with Crippen LogP contribution in [0.3, 0.4) is 0 Å². The van der Waals surface area contributed by atoms with Crippen LogP contribution >= 0.6 is 23.1 Å². The number of rotatable bonds is 9. The van der Waals surface area contributed by atoms with Gasteiger partial charge in [0, 0.05) is 79.9 Å². The molecule has 1 N–H and O–H groups in total. The molecule has 4 aromatic heterocycles. The summed E-state index contributed by atoms with van der Waals surface area (Å²) in [6.07, 6.45) is 5.85. The van der Waals surface area contributed by atoms with Gasteiger partial charge in [0.1, 0.15) is 14.9 Å². The van der Waals surface area contributed by atoms with Crippen molar-refractivity contribution in [1.29, 1.82) is 0 Å². The molecule has 15 heteroatoms. The van der Waals surface area contributed by atoms with E-state index in [9.17, 15) is 13.2 Å². The van der Waals surface area contributed by atoms with Gasteiger partial charge in [-0.3, -0.25) is 19.2 Å². The van der Waals surface area contributed by atoms with Crippen LogP contribution in [0.15, 0.2) is 81.2 Å². The molecule has 0 aliphatic carbocycles. The van der Waals surface area contributed by atoms with Crippen LogP contribution in [0.2, 0.25) is 0 Å². The molecule has 47 heavy (non-hydrogen) atoms. The molecule has 0 amide bonds. The highest BCUT2D eigenvalue weighted by Crippen LogP contribution is 2.34. The molecule has 0 radical (unpaired) electrons. The molecule has 1 atom stereocenters. The van der Waals surface area contributed by atoms with E-state index in [1.807, 2.05) is 23.9 Å². The predicted octanol–water partition coefficient (Wildman–Crippen LogP) is 3.94. The van der Waals surface area contributed by atoms with E-state index in [-0.39, 0.29) is 14.7 Å². The third kappa shape index (κ3) is 6.96. The Hall–Kier alpha value is -3.73. The third-order valence-electron chi connectivity index (χ3n) is 8.32. The maximum atomic E-state index is 14.1. The molecular formula is C32H34N8O4S3. The van der Waals surface area contributed by atoms with Crippen molar-refractivity contribution in [1.82, 2.24) is 34.3 Å². The zero-order valence-corrected chi connectivity index (χ0v) is 28.2. The Bertz CT molecular complexity index is 2030. The number of hydrogen-bond donors (Lipinski definition) is 1. The number of thiazole rings is 1. The minimum Gasteiger partial charge on any atom is -0.379 e. The van der Waals surface area contributed by atoms with Crippen molar-refractivity contribution in [3.05, 3.63) is 83.2 Å². The lowest BCUT2D eigenvalue weighted by atomic mass is 10.1. The van der Waals surface area contributed by atoms with Crippen molar-refractivity contribution in [3.8, 4) is 10.6 Å². The molecule has 2 aliphatic rings. The summed E-state index contributed by atoms with van der Waals surface area (Å²) in [6, 6.07) is 12.9. The Morgan fingerprint density at radius 3 is 2.55 bits per heavy atom. The summed E-state index contributed by atoms with van der Waals surface area (Å²) in [6.45, 7) is 6.00. The van der Waals surface area contributed by atoms with Crippen LogP contribution < -0.4 is 10.9 Å². The van der Waals surface area contributed by atoms with Gasteiger partial charge in [0.2, 0.25) is 15.8 Å². The highest BCUT2D eigenvalue weighted by molar-refractivity contribution is 7.99. The summed E-state index contributed by atoms with van der Waals surface area (Å²) in [5.74, 6) is 1.50. The number of thioether (sulfide) groups is 1. The van der Waals surface area contributed by atoms with Gasteiger partial charge in [0.05, 0.1) is 29.9 Å². The van der Waals surface area contributed by atoms with E-state index in [0.29, 0.717) is 59.1 Å². The first kappa shape index (κ1) is 31.8. The number of nitrogens with zero attached hydrogens (tertiary/aromatic N) is 7. The van der Waals surface area contributed by atoms with E-state index < -0.39 is 9.84 Å². The fourth-order valence-electron chi connectivity index (χ4n) is 5.68. The maximum absolute atomic E-state index is 14.1. The standard InChI is InChI=1S/C32H34N8O4S3/c1-38-14-17-45-27(21-38)22-2-4-24(5-3-22)36-32-35-19-23-18-26(30-34-20-28(46-30)47(42,43)25-6-8-33-9-7-25)31(41)40(29(23)37-32)11-10-39-12-15-44-16-13-39/h2-9,18-20,27H,10-17,21H2,1H3,(H,35,36,37). The largest absolute Gasteiger partial charge is 0.379 e. The molecule has 7 rings (SSSR count). The number of fused-ring (bicyclic) bond motifs is 1. The lowest BCUT2D eigenvalue weighted by molar-refractivity contribution is 0.0364. The van der Waals surface area contributed by atoms with Crippen molar-refractivity contribution in [2.24, 2.45) is 0 Å². The van der Waals surface area contributed by atoms with E-state index >= 15 is 0 Å². The van der Waals surface area contributed by atoms with E-state index in [2.05, 4.69) is 49.2 Å². The van der Waals surface area contributed by atoms with Gasteiger partial charge in [-0.15, -0.1) is 11.3 Å². The Kier molecular flexibility index (Phi) is 9.34. The van der Waals surface area contributed by atoms with Crippen LogP contribution in [0.25, 0.3) is 21.6 Å². The number of benzene rings is 1. The molecule has 0 saturated carbocycles. The molecule has 1 unspecified atom stereocenters. The Morgan fingerprint density at radius 2 is 1.79 bits per heavy atom. The Labute approximate surface area is 280 Å². The minimum atomic E-state index is -3.81. The molecule has 2 fully saturated rings. The molecule has 5 aromatic rings. The van der Waals surface area contributed by atoms with Gasteiger partial charge < -0.3 is 15.0 Å². The zero-order chi connectivity index (χ0) is 32.4. The molecule has 244 valence electrons. The van der Waals surface area contributed by atoms with Gasteiger partial charge in [-0.25, -0.2) is 18.4 Å². The first-order chi connectivity index (χ1) is 22.8. The lowest BCUT2D eigenvalue weighted by Crippen LogP contribution is -2.39. The average molecular weight is 691 g/mol. The monoisotopic (exact) mass is 690 g/mol. The van der Waals surface area contributed by atoms with E-state index in [4.69, 9.17) is 9.72 Å². The molecule has 2 aliphatic heterocycles. The summed E-state index contributed by atoms with van der Waals surface area (Å²) in [5, 5.41) is 4.71. The van der Waals surface area contributed by atoms with E-state index in [1.165, 1.54) is 36.3 Å². The number of nitrogens with one attached hydrogen (secondary N) is 1. The third-order valence-corrected chi connectivity index (χ3v) is 12.8. The topological polar surface area (TPSA) is 135 Å². The number of hydrogen-bond acceptors (Lipinski definition) is 13. The van der Waals surface area contributed by atoms with Gasteiger partial charge in [0.25, 0.3) is 5.56 Å². The minimum absolute atomic E-state index is 0.0500. The van der Waals surface area contributed by atoms with Gasteiger partial charge in [0.15, 0.2) is 0 Å². The van der Waals surface area contributed by atoms with Gasteiger partial charge >= 0.3 is 0 Å². The fourth-order valence-corrected chi connectivity index (χ4v) is 9.61. The van der Waals surface area contributed by atoms with Crippen LogP contribution in [0, 0.1) is 0 Å². The molecule has 12 nitrogen and oxygen atoms in total. The van der Waals surface area contributed by atoms with Crippen molar-refractivity contribution in [2.45, 2.75) is 20.9 Å². The summed E-state index contributed by atoms with van der Waals surface area (Å²) in [4.78, 5) is 36.5. The zero-order valence-electron chi connectivity index (χ0n) is 25.8. The molecule has 6 heterocycles. The molecule has 1 aromatic carbocycles. The van der Waals surface area contributed by atoms with E-state index in [1.54, 1.807) is 16.8 Å². The molecule has 0 spiro atoms. The lowest BCUT2D eigenvalue weighted by Gasteiger charge is -2.29. The highest BCUT2D eigenvalue weighted by atomic mass is 32.2.